The van der Waals surface area contributed by atoms with Crippen LogP contribution in [0.3, 0.4) is 0 Å². The molecule has 12 heteroatoms. The molecular formula is C33H40N8O4. The van der Waals surface area contributed by atoms with Gasteiger partial charge in [0, 0.05) is 87.7 Å². The van der Waals surface area contributed by atoms with Crippen molar-refractivity contribution in [2.75, 3.05) is 43.6 Å². The van der Waals surface area contributed by atoms with Crippen LogP contribution in [-0.2, 0) is 50.9 Å². The summed E-state index contributed by atoms with van der Waals surface area (Å²) in [4.78, 5) is 35.6. The molecule has 45 heavy (non-hydrogen) atoms. The molecule has 3 aliphatic rings. The number of hydrogen-bond acceptors (Lipinski definition) is 8. The quantitative estimate of drug-likeness (QED) is 0.312. The summed E-state index contributed by atoms with van der Waals surface area (Å²) in [5.41, 5.74) is 7.17. The number of hydrogen-bond donors (Lipinski definition) is 2. The number of carbonyl (C=O) groups excluding carboxylic acids is 1. The summed E-state index contributed by atoms with van der Waals surface area (Å²) in [6.45, 7) is 9.35. The van der Waals surface area contributed by atoms with E-state index in [0.29, 0.717) is 59.3 Å². The molecule has 2 aliphatic heterocycles. The Balaban J connectivity index is 1.18. The standard InChI is InChI=1S/C33H40N8O4/c1-33(2)14-21-12-27-32(44)40(7-6-39(27)28(21)15-33)29-17-34-16-24(25(29)20-42)22-11-26(31(43)37(3)18-22)35-30-13-23-19-38(9-10-45-4)5-8-41(23)36-30/h11-13,16-18,42H,5-10,14-15,19-20H2,1-4H3,(H,35,36). The second-order valence-corrected chi connectivity index (χ2v) is 13.2. The van der Waals surface area contributed by atoms with Gasteiger partial charge in [-0.3, -0.25) is 24.2 Å². The minimum Gasteiger partial charge on any atom is -0.392 e. The van der Waals surface area contributed by atoms with E-state index in [1.54, 1.807) is 43.7 Å². The van der Waals surface area contributed by atoms with E-state index in [2.05, 4.69) is 33.6 Å². The lowest BCUT2D eigenvalue weighted by Crippen LogP contribution is -2.41. The number of rotatable bonds is 8. The van der Waals surface area contributed by atoms with Gasteiger partial charge in [0.1, 0.15) is 11.4 Å². The van der Waals surface area contributed by atoms with E-state index >= 15 is 0 Å². The van der Waals surface area contributed by atoms with Crippen LogP contribution in [0.4, 0.5) is 17.2 Å². The van der Waals surface area contributed by atoms with Gasteiger partial charge in [-0.05, 0) is 36.0 Å². The molecule has 6 heterocycles. The number of pyridine rings is 2. The fraction of sp³-hybridized carbons (Fsp3) is 0.455. The number of methoxy groups -OCH3 is 1. The van der Waals surface area contributed by atoms with Crippen molar-refractivity contribution in [2.24, 2.45) is 12.5 Å². The number of aliphatic hydroxyl groups is 1. The van der Waals surface area contributed by atoms with Crippen molar-refractivity contribution in [1.82, 2.24) is 28.8 Å². The summed E-state index contributed by atoms with van der Waals surface area (Å²) < 4.78 is 10.9. The molecule has 4 aromatic rings. The molecule has 7 rings (SSSR count). The zero-order chi connectivity index (χ0) is 31.5. The lowest BCUT2D eigenvalue weighted by molar-refractivity contribution is 0.0963. The molecule has 236 valence electrons. The van der Waals surface area contributed by atoms with Crippen LogP contribution in [0.15, 0.2) is 41.6 Å². The Kier molecular flexibility index (Phi) is 7.38. The van der Waals surface area contributed by atoms with E-state index in [4.69, 9.17) is 9.84 Å². The number of nitrogens with zero attached hydrogens (tertiary/aromatic N) is 7. The van der Waals surface area contributed by atoms with Crippen molar-refractivity contribution >= 4 is 23.1 Å². The fourth-order valence-corrected chi connectivity index (χ4v) is 7.14. The number of fused-ring (bicyclic) bond motifs is 4. The number of aryl methyl sites for hydroxylation is 1. The van der Waals surface area contributed by atoms with Crippen LogP contribution >= 0.6 is 0 Å². The Labute approximate surface area is 261 Å². The van der Waals surface area contributed by atoms with E-state index in [9.17, 15) is 14.7 Å². The van der Waals surface area contributed by atoms with Crippen LogP contribution in [0.5, 0.6) is 0 Å². The third-order valence-corrected chi connectivity index (χ3v) is 9.35. The maximum absolute atomic E-state index is 13.8. The van der Waals surface area contributed by atoms with Gasteiger partial charge in [0.15, 0.2) is 5.82 Å². The van der Waals surface area contributed by atoms with Crippen molar-refractivity contribution in [2.45, 2.75) is 52.9 Å². The number of anilines is 3. The van der Waals surface area contributed by atoms with Crippen molar-refractivity contribution in [3.63, 3.8) is 0 Å². The van der Waals surface area contributed by atoms with Gasteiger partial charge in [0.05, 0.1) is 37.3 Å². The van der Waals surface area contributed by atoms with Gasteiger partial charge in [-0.1, -0.05) is 13.8 Å². The highest BCUT2D eigenvalue weighted by atomic mass is 16.5. The highest BCUT2D eigenvalue weighted by Crippen LogP contribution is 2.40. The molecular weight excluding hydrogens is 572 g/mol. The maximum Gasteiger partial charge on any atom is 0.275 e. The summed E-state index contributed by atoms with van der Waals surface area (Å²) in [5.74, 6) is 0.508. The van der Waals surface area contributed by atoms with Crippen molar-refractivity contribution < 1.29 is 14.6 Å². The Hall–Kier alpha value is -4.26. The summed E-state index contributed by atoms with van der Waals surface area (Å²) in [6, 6.07) is 5.78. The van der Waals surface area contributed by atoms with Gasteiger partial charge < -0.3 is 29.2 Å². The Morgan fingerprint density at radius 1 is 1.07 bits per heavy atom. The predicted octanol–water partition coefficient (Wildman–Crippen LogP) is 2.93. The smallest absolute Gasteiger partial charge is 0.275 e. The molecule has 0 radical (unpaired) electrons. The van der Waals surface area contributed by atoms with Gasteiger partial charge in [0.25, 0.3) is 11.5 Å². The van der Waals surface area contributed by atoms with Crippen LogP contribution in [0.1, 0.15) is 46.9 Å². The second kappa shape index (κ2) is 11.3. The highest BCUT2D eigenvalue weighted by molar-refractivity contribution is 6.07. The molecule has 0 atom stereocenters. The highest BCUT2D eigenvalue weighted by Gasteiger charge is 2.37. The monoisotopic (exact) mass is 612 g/mol. The van der Waals surface area contributed by atoms with Crippen molar-refractivity contribution in [3.05, 3.63) is 75.4 Å². The van der Waals surface area contributed by atoms with Gasteiger partial charge in [-0.2, -0.15) is 5.10 Å². The van der Waals surface area contributed by atoms with Crippen LogP contribution in [-0.4, -0.2) is 73.2 Å². The third kappa shape index (κ3) is 5.26. The predicted molar refractivity (Wildman–Crippen MR) is 171 cm³/mol. The van der Waals surface area contributed by atoms with Gasteiger partial charge in [-0.25, -0.2) is 0 Å². The molecule has 12 nitrogen and oxygen atoms in total. The number of nitrogens with one attached hydrogen (secondary N) is 1. The zero-order valence-corrected chi connectivity index (χ0v) is 26.3. The molecule has 0 saturated heterocycles. The third-order valence-electron chi connectivity index (χ3n) is 9.35. The lowest BCUT2D eigenvalue weighted by Gasteiger charge is -2.31. The molecule has 4 aromatic heterocycles. The van der Waals surface area contributed by atoms with Gasteiger partial charge in [0.2, 0.25) is 0 Å². The number of aromatic nitrogens is 5. The topological polar surface area (TPSA) is 123 Å². The molecule has 1 aliphatic carbocycles. The SMILES string of the molecule is COCCN1CCn2nc(Nc3cc(-c4cncc(N5CCn6c(cc7c6CC(C)(C)C7)C5=O)c4CO)cn(C)c3=O)cc2C1. The average molecular weight is 613 g/mol. The summed E-state index contributed by atoms with van der Waals surface area (Å²) in [6.07, 6.45) is 6.98. The largest absolute Gasteiger partial charge is 0.392 e. The Morgan fingerprint density at radius 3 is 2.71 bits per heavy atom. The maximum atomic E-state index is 13.8. The van der Waals surface area contributed by atoms with Crippen LogP contribution < -0.4 is 15.8 Å². The minimum absolute atomic E-state index is 0.0885. The molecule has 0 fully saturated rings. The van der Waals surface area contributed by atoms with Gasteiger partial charge >= 0.3 is 0 Å². The molecule has 0 aromatic carbocycles. The molecule has 1 amide bonds. The first-order valence-electron chi connectivity index (χ1n) is 15.5. The van der Waals surface area contributed by atoms with E-state index in [0.717, 1.165) is 44.7 Å². The molecule has 0 unspecified atom stereocenters. The Bertz CT molecular complexity index is 1850. The van der Waals surface area contributed by atoms with E-state index in [-0.39, 0.29) is 23.5 Å². The van der Waals surface area contributed by atoms with Crippen LogP contribution in [0.25, 0.3) is 11.1 Å². The average Bonchev–Trinajstić information content (AvgIpc) is 3.67. The first-order chi connectivity index (χ1) is 21.7. The normalized spacial score (nSPS) is 17.4. The zero-order valence-electron chi connectivity index (χ0n) is 26.3. The molecule has 0 spiro atoms. The second-order valence-electron chi connectivity index (χ2n) is 13.2. The number of ether oxygens (including phenoxy) is 1. The number of carbonyl (C=O) groups is 1. The molecule has 0 bridgehead atoms. The minimum atomic E-state index is -0.290. The summed E-state index contributed by atoms with van der Waals surface area (Å²) >= 11 is 0. The van der Waals surface area contributed by atoms with Crippen LogP contribution in [0, 0.1) is 5.41 Å². The summed E-state index contributed by atoms with van der Waals surface area (Å²) in [7, 11) is 3.40. The molecule has 2 N–H and O–H groups in total. The van der Waals surface area contributed by atoms with Crippen molar-refractivity contribution in [1.29, 1.82) is 0 Å². The Morgan fingerprint density at radius 2 is 1.91 bits per heavy atom. The fourth-order valence-electron chi connectivity index (χ4n) is 7.14. The van der Waals surface area contributed by atoms with E-state index < -0.39 is 0 Å². The number of amides is 1. The lowest BCUT2D eigenvalue weighted by atomic mass is 9.90. The first kappa shape index (κ1) is 29.5. The first-order valence-corrected chi connectivity index (χ1v) is 15.5. The van der Waals surface area contributed by atoms with Crippen molar-refractivity contribution in [3.8, 4) is 11.1 Å². The number of aliphatic hydroxyl groups excluding tert-OH is 1. The van der Waals surface area contributed by atoms with Crippen LogP contribution in [0.2, 0.25) is 0 Å². The molecule has 0 saturated carbocycles. The van der Waals surface area contributed by atoms with E-state index in [1.165, 1.54) is 15.8 Å². The summed E-state index contributed by atoms with van der Waals surface area (Å²) in [5, 5.41) is 18.6. The van der Waals surface area contributed by atoms with E-state index in [1.807, 2.05) is 16.8 Å². The van der Waals surface area contributed by atoms with Gasteiger partial charge in [-0.15, -0.1) is 0 Å².